The molecule has 0 fully saturated rings. The molecule has 0 amide bonds. The third-order valence-corrected chi connectivity index (χ3v) is 2.56. The van der Waals surface area contributed by atoms with E-state index in [2.05, 4.69) is 17.6 Å². The summed E-state index contributed by atoms with van der Waals surface area (Å²) in [5.74, 6) is 0.456. The topological polar surface area (TPSA) is 50.4 Å². The van der Waals surface area contributed by atoms with Crippen LogP contribution in [0.15, 0.2) is 0 Å². The Morgan fingerprint density at radius 2 is 1.88 bits per heavy atom. The molecule has 0 heterocycles. The van der Waals surface area contributed by atoms with Crippen LogP contribution in [0.4, 0.5) is 0 Å². The average Bonchev–Trinajstić information content (AvgIpc) is 2.31. The van der Waals surface area contributed by atoms with E-state index in [1.165, 1.54) is 0 Å². The van der Waals surface area contributed by atoms with Crippen LogP contribution in [0.3, 0.4) is 0 Å². The van der Waals surface area contributed by atoms with E-state index in [0.717, 1.165) is 32.7 Å². The number of Topliss-reactive ketones (excluding diaryl/α,β-unsaturated/α-hetero) is 1. The predicted octanol–water partition coefficient (Wildman–Crippen LogP) is 1.31. The van der Waals surface area contributed by atoms with Gasteiger partial charge >= 0.3 is 0 Å². The van der Waals surface area contributed by atoms with Crippen molar-refractivity contribution in [2.75, 3.05) is 39.4 Å². The Hall–Kier alpha value is -0.450. The lowest BCUT2D eigenvalue weighted by molar-refractivity contribution is -0.121. The fourth-order valence-electron chi connectivity index (χ4n) is 1.18. The molecule has 0 aromatic heterocycles. The van der Waals surface area contributed by atoms with Crippen LogP contribution >= 0.6 is 0 Å². The molecule has 0 radical (unpaired) electrons. The molecule has 0 rings (SSSR count). The highest BCUT2D eigenvalue weighted by molar-refractivity contribution is 5.82. The molecule has 0 aromatic rings. The Balaban J connectivity index is -0.00000112. The molecule has 4 nitrogen and oxygen atoms in total. The van der Waals surface area contributed by atoms with Crippen LogP contribution < -0.4 is 10.6 Å². The minimum absolute atomic E-state index is 0. The van der Waals surface area contributed by atoms with E-state index in [9.17, 15) is 4.79 Å². The van der Waals surface area contributed by atoms with Crippen LogP contribution in [-0.4, -0.2) is 45.2 Å². The largest absolute Gasteiger partial charge is 0.379 e. The van der Waals surface area contributed by atoms with Crippen molar-refractivity contribution < 1.29 is 12.4 Å². The highest BCUT2D eigenvalue weighted by Crippen LogP contribution is 2.00. The van der Waals surface area contributed by atoms with Crippen molar-refractivity contribution in [2.24, 2.45) is 5.92 Å². The molecule has 1 unspecified atom stereocenters. The fourth-order valence-corrected chi connectivity index (χ4v) is 1.18. The summed E-state index contributed by atoms with van der Waals surface area (Å²) in [6.45, 7) is 10.5. The van der Waals surface area contributed by atoms with Crippen LogP contribution in [0.25, 0.3) is 0 Å². The van der Waals surface area contributed by atoms with Gasteiger partial charge in [0, 0.05) is 21.9 Å². The lowest BCUT2D eigenvalue weighted by atomic mass is 10.0. The highest BCUT2D eigenvalue weighted by atomic mass is 16.5. The normalized spacial score (nSPS) is 12.7. The van der Waals surface area contributed by atoms with Gasteiger partial charge in [-0.05, 0) is 13.0 Å². The standard InChI is InChI=1S/C12H26N2O2.2H2/c1-4-11(3)12(15)10-14-7-9-16-8-6-13-5-2;;/h11,13-14H,4-10H2,1-3H3;2*1H. The van der Waals surface area contributed by atoms with E-state index >= 15 is 0 Å². The Kier molecular flexibility index (Phi) is 10.7. The van der Waals surface area contributed by atoms with Crippen molar-refractivity contribution in [2.45, 2.75) is 27.2 Å². The maximum Gasteiger partial charge on any atom is 0.149 e. The van der Waals surface area contributed by atoms with Gasteiger partial charge in [0.2, 0.25) is 0 Å². The third-order valence-electron chi connectivity index (χ3n) is 2.56. The SMILES string of the molecule is CCNCCOCCNCC(=O)C(C)CC.[HH].[HH]. The quantitative estimate of drug-likeness (QED) is 0.529. The first-order valence-electron chi connectivity index (χ1n) is 6.24. The Bertz CT molecular complexity index is 183. The van der Waals surface area contributed by atoms with Crippen LogP contribution in [0.5, 0.6) is 0 Å². The zero-order valence-corrected chi connectivity index (χ0v) is 10.8. The first-order chi connectivity index (χ1) is 7.72. The minimum Gasteiger partial charge on any atom is -0.379 e. The van der Waals surface area contributed by atoms with Gasteiger partial charge in [0.1, 0.15) is 5.78 Å². The lowest BCUT2D eigenvalue weighted by Crippen LogP contribution is -2.30. The summed E-state index contributed by atoms with van der Waals surface area (Å²) >= 11 is 0. The average molecular weight is 234 g/mol. The van der Waals surface area contributed by atoms with Crippen molar-refractivity contribution in [1.82, 2.24) is 10.6 Å². The molecular weight excluding hydrogens is 204 g/mol. The third kappa shape index (κ3) is 8.83. The van der Waals surface area contributed by atoms with Crippen LogP contribution in [0, 0.1) is 5.92 Å². The maximum atomic E-state index is 11.4. The molecule has 0 spiro atoms. The number of carbonyl (C=O) groups excluding carboxylic acids is 1. The number of carbonyl (C=O) groups is 1. The van der Waals surface area contributed by atoms with E-state index in [0.29, 0.717) is 13.2 Å². The fraction of sp³-hybridized carbons (Fsp3) is 0.917. The smallest absolute Gasteiger partial charge is 0.149 e. The van der Waals surface area contributed by atoms with Crippen molar-refractivity contribution in [3.63, 3.8) is 0 Å². The van der Waals surface area contributed by atoms with Gasteiger partial charge in [0.05, 0.1) is 19.8 Å². The van der Waals surface area contributed by atoms with Gasteiger partial charge in [-0.3, -0.25) is 4.79 Å². The van der Waals surface area contributed by atoms with Gasteiger partial charge in [-0.2, -0.15) is 0 Å². The van der Waals surface area contributed by atoms with Crippen molar-refractivity contribution in [1.29, 1.82) is 0 Å². The highest BCUT2D eigenvalue weighted by Gasteiger charge is 2.08. The first kappa shape index (κ1) is 15.6. The summed E-state index contributed by atoms with van der Waals surface area (Å²) in [7, 11) is 0. The first-order valence-corrected chi connectivity index (χ1v) is 6.24. The van der Waals surface area contributed by atoms with Gasteiger partial charge < -0.3 is 15.4 Å². The number of hydrogen-bond acceptors (Lipinski definition) is 4. The number of nitrogens with one attached hydrogen (secondary N) is 2. The summed E-state index contributed by atoms with van der Waals surface area (Å²) < 4.78 is 5.37. The molecule has 0 saturated heterocycles. The molecule has 0 aliphatic carbocycles. The number of hydrogen-bond donors (Lipinski definition) is 2. The van der Waals surface area contributed by atoms with E-state index in [1.807, 2.05) is 13.8 Å². The molecule has 2 N–H and O–H groups in total. The Morgan fingerprint density at radius 1 is 1.25 bits per heavy atom. The molecule has 0 aromatic carbocycles. The Labute approximate surface area is 102 Å². The van der Waals surface area contributed by atoms with Gasteiger partial charge in [-0.25, -0.2) is 0 Å². The van der Waals surface area contributed by atoms with Crippen LogP contribution in [0.1, 0.15) is 30.0 Å². The summed E-state index contributed by atoms with van der Waals surface area (Å²) in [4.78, 5) is 11.4. The zero-order valence-electron chi connectivity index (χ0n) is 10.8. The maximum absolute atomic E-state index is 11.4. The second kappa shape index (κ2) is 11.0. The summed E-state index contributed by atoms with van der Waals surface area (Å²) in [5.41, 5.74) is 0. The van der Waals surface area contributed by atoms with E-state index in [-0.39, 0.29) is 14.6 Å². The molecule has 1 atom stereocenters. The number of ether oxygens (including phenoxy) is 1. The second-order valence-corrected chi connectivity index (χ2v) is 3.92. The number of rotatable bonds is 11. The zero-order chi connectivity index (χ0) is 12.2. The molecule has 100 valence electrons. The Morgan fingerprint density at radius 3 is 2.44 bits per heavy atom. The van der Waals surface area contributed by atoms with Crippen LogP contribution in [0.2, 0.25) is 0 Å². The van der Waals surface area contributed by atoms with Gasteiger partial charge in [0.15, 0.2) is 0 Å². The molecular formula is C12H30N2O2. The van der Waals surface area contributed by atoms with Gasteiger partial charge in [-0.1, -0.05) is 20.8 Å². The predicted molar refractivity (Wildman–Crippen MR) is 70.9 cm³/mol. The van der Waals surface area contributed by atoms with Gasteiger partial charge in [0.25, 0.3) is 0 Å². The van der Waals surface area contributed by atoms with Crippen molar-refractivity contribution in [3.05, 3.63) is 0 Å². The molecule has 16 heavy (non-hydrogen) atoms. The van der Waals surface area contributed by atoms with Crippen molar-refractivity contribution >= 4 is 5.78 Å². The van der Waals surface area contributed by atoms with E-state index in [4.69, 9.17) is 4.74 Å². The van der Waals surface area contributed by atoms with E-state index < -0.39 is 0 Å². The van der Waals surface area contributed by atoms with Crippen LogP contribution in [-0.2, 0) is 9.53 Å². The minimum atomic E-state index is 0. The molecule has 0 aliphatic heterocycles. The lowest BCUT2D eigenvalue weighted by Gasteiger charge is -2.09. The molecule has 4 heteroatoms. The second-order valence-electron chi connectivity index (χ2n) is 3.92. The summed E-state index contributed by atoms with van der Waals surface area (Å²) in [5, 5.41) is 6.28. The summed E-state index contributed by atoms with van der Waals surface area (Å²) in [6, 6.07) is 0. The van der Waals surface area contributed by atoms with E-state index in [1.54, 1.807) is 0 Å². The van der Waals surface area contributed by atoms with Gasteiger partial charge in [-0.15, -0.1) is 0 Å². The molecule has 0 saturated carbocycles. The van der Waals surface area contributed by atoms with Crippen molar-refractivity contribution in [3.8, 4) is 0 Å². The monoisotopic (exact) mass is 234 g/mol. The molecule has 0 aliphatic rings. The number of ketones is 1. The summed E-state index contributed by atoms with van der Waals surface area (Å²) in [6.07, 6.45) is 0.916. The molecule has 0 bridgehead atoms. The number of likely N-dealkylation sites (N-methyl/N-ethyl adjacent to an activating group) is 1.